The third-order valence-corrected chi connectivity index (χ3v) is 2.04. The van der Waals surface area contributed by atoms with Crippen molar-refractivity contribution in [2.45, 2.75) is 13.8 Å². The molecule has 0 amide bonds. The van der Waals surface area contributed by atoms with Crippen LogP contribution in [0.3, 0.4) is 0 Å². The molecule has 0 saturated heterocycles. The van der Waals surface area contributed by atoms with Crippen molar-refractivity contribution in [3.63, 3.8) is 0 Å². The van der Waals surface area contributed by atoms with Crippen molar-refractivity contribution in [3.05, 3.63) is 35.1 Å². The van der Waals surface area contributed by atoms with E-state index in [1.807, 2.05) is 19.9 Å². The van der Waals surface area contributed by atoms with Gasteiger partial charge in [0.1, 0.15) is 5.58 Å². The van der Waals surface area contributed by atoms with E-state index in [-0.39, 0.29) is 0 Å². The lowest BCUT2D eigenvalue weighted by atomic mass is 10.2. The van der Waals surface area contributed by atoms with Gasteiger partial charge in [0.2, 0.25) is 5.69 Å². The molecule has 0 aromatic carbocycles. The minimum atomic E-state index is 0.592. The van der Waals surface area contributed by atoms with E-state index in [0.29, 0.717) is 5.69 Å². The summed E-state index contributed by atoms with van der Waals surface area (Å²) in [7, 11) is 0. The predicted octanol–water partition coefficient (Wildman–Crippen LogP) is 3.00. The molecule has 0 aliphatic heterocycles. The summed E-state index contributed by atoms with van der Waals surface area (Å²) >= 11 is 0. The molecule has 13 heavy (non-hydrogen) atoms. The van der Waals surface area contributed by atoms with Crippen molar-refractivity contribution in [1.29, 1.82) is 0 Å². The molecule has 3 nitrogen and oxygen atoms in total. The maximum atomic E-state index is 7.02. The SMILES string of the molecule is [C-]#[N+]c1c(C)nc(C)c2occc12. The van der Waals surface area contributed by atoms with E-state index < -0.39 is 0 Å². The van der Waals surface area contributed by atoms with Crippen LogP contribution < -0.4 is 0 Å². The minimum absolute atomic E-state index is 0.592. The summed E-state index contributed by atoms with van der Waals surface area (Å²) in [4.78, 5) is 7.68. The molecule has 0 radical (unpaired) electrons. The number of furan rings is 1. The molecule has 0 spiro atoms. The molecule has 64 valence electrons. The van der Waals surface area contributed by atoms with Gasteiger partial charge in [-0.05, 0) is 19.9 Å². The molecule has 0 atom stereocenters. The van der Waals surface area contributed by atoms with E-state index in [2.05, 4.69) is 9.83 Å². The number of rotatable bonds is 0. The molecule has 0 unspecified atom stereocenters. The zero-order valence-corrected chi connectivity index (χ0v) is 7.46. The van der Waals surface area contributed by atoms with Crippen LogP contribution in [0.1, 0.15) is 11.4 Å². The number of hydrogen-bond acceptors (Lipinski definition) is 2. The molecule has 2 heterocycles. The molecule has 0 fully saturated rings. The topological polar surface area (TPSA) is 30.4 Å². The summed E-state index contributed by atoms with van der Waals surface area (Å²) in [5, 5.41) is 0.861. The highest BCUT2D eigenvalue weighted by molar-refractivity contribution is 5.93. The molecular weight excluding hydrogens is 164 g/mol. The number of aromatic nitrogens is 1. The Hall–Kier alpha value is -1.82. The fourth-order valence-corrected chi connectivity index (χ4v) is 1.47. The second-order valence-electron chi connectivity index (χ2n) is 2.91. The van der Waals surface area contributed by atoms with Gasteiger partial charge >= 0.3 is 0 Å². The molecule has 0 aliphatic carbocycles. The standard InChI is InChI=1S/C10H8N2O/c1-6-9(11-3)8-4-5-13-10(8)7(2)12-6/h4-5H,1-2H3. The largest absolute Gasteiger partial charge is 0.464 e. The molecule has 0 bridgehead atoms. The van der Waals surface area contributed by atoms with Crippen LogP contribution in [0.15, 0.2) is 16.7 Å². The van der Waals surface area contributed by atoms with Crippen LogP contribution in [0.4, 0.5) is 5.69 Å². The van der Waals surface area contributed by atoms with Crippen molar-refractivity contribution >= 4 is 16.7 Å². The first-order chi connectivity index (χ1) is 6.24. The normalized spacial score (nSPS) is 10.2. The van der Waals surface area contributed by atoms with E-state index in [1.54, 1.807) is 6.26 Å². The summed E-state index contributed by atoms with van der Waals surface area (Å²) in [5.74, 6) is 0. The molecular formula is C10H8N2O. The number of nitrogens with zero attached hydrogens (tertiary/aromatic N) is 2. The third-order valence-electron chi connectivity index (χ3n) is 2.04. The van der Waals surface area contributed by atoms with Crippen LogP contribution in [0.25, 0.3) is 15.8 Å². The fourth-order valence-electron chi connectivity index (χ4n) is 1.47. The van der Waals surface area contributed by atoms with E-state index in [1.165, 1.54) is 0 Å². The Morgan fingerprint density at radius 3 is 2.85 bits per heavy atom. The van der Waals surface area contributed by atoms with E-state index in [9.17, 15) is 0 Å². The first kappa shape index (κ1) is 7.81. The Bertz CT molecular complexity index is 505. The first-order valence-electron chi connectivity index (χ1n) is 3.96. The maximum absolute atomic E-state index is 7.02. The van der Waals surface area contributed by atoms with Gasteiger partial charge in [0.15, 0.2) is 0 Å². The number of pyridine rings is 1. The van der Waals surface area contributed by atoms with Gasteiger partial charge in [-0.1, -0.05) is 0 Å². The minimum Gasteiger partial charge on any atom is -0.464 e. The van der Waals surface area contributed by atoms with Crippen LogP contribution >= 0.6 is 0 Å². The van der Waals surface area contributed by atoms with Gasteiger partial charge in [-0.3, -0.25) is 4.98 Å². The predicted molar refractivity (Wildman–Crippen MR) is 49.7 cm³/mol. The monoisotopic (exact) mass is 172 g/mol. The molecule has 0 N–H and O–H groups in total. The van der Waals surface area contributed by atoms with Crippen LogP contribution in [0, 0.1) is 20.4 Å². The summed E-state index contributed by atoms with van der Waals surface area (Å²) in [6.45, 7) is 10.7. The quantitative estimate of drug-likeness (QED) is 0.572. The lowest BCUT2D eigenvalue weighted by Gasteiger charge is -2.00. The molecule has 2 aromatic rings. The highest BCUT2D eigenvalue weighted by Crippen LogP contribution is 2.30. The molecule has 3 heteroatoms. The average molecular weight is 172 g/mol. The second-order valence-corrected chi connectivity index (χ2v) is 2.91. The molecule has 2 aromatic heterocycles. The lowest BCUT2D eigenvalue weighted by Crippen LogP contribution is -1.86. The summed E-state index contributed by atoms with van der Waals surface area (Å²) in [5.41, 5.74) is 2.91. The van der Waals surface area contributed by atoms with Crippen molar-refractivity contribution < 1.29 is 4.42 Å². The van der Waals surface area contributed by atoms with Crippen molar-refractivity contribution in [1.82, 2.24) is 4.98 Å². The summed E-state index contributed by atoms with van der Waals surface area (Å²) < 4.78 is 5.24. The van der Waals surface area contributed by atoms with E-state index in [0.717, 1.165) is 22.4 Å². The Balaban J connectivity index is 2.99. The van der Waals surface area contributed by atoms with Gasteiger partial charge in [-0.15, -0.1) is 0 Å². The highest BCUT2D eigenvalue weighted by atomic mass is 16.3. The molecule has 0 saturated carbocycles. The van der Waals surface area contributed by atoms with E-state index in [4.69, 9.17) is 11.0 Å². The van der Waals surface area contributed by atoms with Crippen LogP contribution in [-0.4, -0.2) is 4.98 Å². The van der Waals surface area contributed by atoms with Gasteiger partial charge in [0, 0.05) is 11.1 Å². The Morgan fingerprint density at radius 1 is 1.38 bits per heavy atom. The molecule has 2 rings (SSSR count). The van der Waals surface area contributed by atoms with E-state index >= 15 is 0 Å². The van der Waals surface area contributed by atoms with Gasteiger partial charge < -0.3 is 4.42 Å². The van der Waals surface area contributed by atoms with Crippen LogP contribution in [0.5, 0.6) is 0 Å². The number of fused-ring (bicyclic) bond motifs is 1. The number of hydrogen-bond donors (Lipinski definition) is 0. The Kier molecular flexibility index (Phi) is 1.56. The highest BCUT2D eigenvalue weighted by Gasteiger charge is 2.10. The zero-order valence-electron chi connectivity index (χ0n) is 7.46. The number of aryl methyl sites for hydroxylation is 2. The van der Waals surface area contributed by atoms with Gasteiger partial charge in [-0.25, -0.2) is 4.85 Å². The first-order valence-corrected chi connectivity index (χ1v) is 3.96. The fraction of sp³-hybridized carbons (Fsp3) is 0.200. The van der Waals surface area contributed by atoms with Crippen LogP contribution in [0.2, 0.25) is 0 Å². The Labute approximate surface area is 75.8 Å². The smallest absolute Gasteiger partial charge is 0.218 e. The van der Waals surface area contributed by atoms with Gasteiger partial charge in [0.05, 0.1) is 18.5 Å². The average Bonchev–Trinajstić information content (AvgIpc) is 2.53. The van der Waals surface area contributed by atoms with Crippen LogP contribution in [-0.2, 0) is 0 Å². The maximum Gasteiger partial charge on any atom is 0.218 e. The third kappa shape index (κ3) is 0.994. The second kappa shape index (κ2) is 2.60. The van der Waals surface area contributed by atoms with Crippen molar-refractivity contribution in [2.24, 2.45) is 0 Å². The summed E-state index contributed by atoms with van der Waals surface area (Å²) in [6, 6.07) is 1.81. The Morgan fingerprint density at radius 2 is 2.15 bits per heavy atom. The zero-order chi connectivity index (χ0) is 9.42. The van der Waals surface area contributed by atoms with Gasteiger partial charge in [-0.2, -0.15) is 0 Å². The summed E-state index contributed by atoms with van der Waals surface area (Å²) in [6.07, 6.45) is 1.59. The van der Waals surface area contributed by atoms with Crippen molar-refractivity contribution in [2.75, 3.05) is 0 Å². The van der Waals surface area contributed by atoms with Crippen molar-refractivity contribution in [3.8, 4) is 0 Å². The lowest BCUT2D eigenvalue weighted by molar-refractivity contribution is 0.611. The van der Waals surface area contributed by atoms with Gasteiger partial charge in [0.25, 0.3) is 0 Å². The molecule has 0 aliphatic rings.